The average Bonchev–Trinajstić information content (AvgIpc) is 2.46. The van der Waals surface area contributed by atoms with Gasteiger partial charge < -0.3 is 24.8 Å². The topological polar surface area (TPSA) is 17.1 Å². The Morgan fingerprint density at radius 2 is 1.53 bits per heavy atom. The van der Waals surface area contributed by atoms with E-state index in [1.807, 2.05) is 0 Å². The molecule has 1 unspecified atom stereocenters. The molecule has 1 nitrogen and oxygen atoms in total. The van der Waals surface area contributed by atoms with Crippen molar-refractivity contribution in [1.29, 1.82) is 0 Å². The monoisotopic (exact) mass is 346 g/mol. The van der Waals surface area contributed by atoms with Gasteiger partial charge in [-0.25, -0.2) is 0 Å². The van der Waals surface area contributed by atoms with Crippen molar-refractivity contribution >= 4 is 16.1 Å². The predicted molar refractivity (Wildman–Crippen MR) is 67.3 cm³/mol. The van der Waals surface area contributed by atoms with Crippen LogP contribution in [0.25, 0.3) is 0 Å². The second-order valence-electron chi connectivity index (χ2n) is 6.35. The molecule has 1 rings (SSSR count). The van der Waals surface area contributed by atoms with Crippen LogP contribution in [0.5, 0.6) is 0 Å². The first-order valence-electron chi connectivity index (χ1n) is 5.39. The Labute approximate surface area is 127 Å². The SMILES string of the molecule is C[Si](C)(C)C1=C[C]([V+2]=[O])([Si](C)(C)C)C=C1.[Cl-].[Cl-]. The molecule has 0 aliphatic heterocycles. The number of halogens is 2. The van der Waals surface area contributed by atoms with Gasteiger partial charge in [0, 0.05) is 0 Å². The van der Waals surface area contributed by atoms with Crippen LogP contribution in [-0.2, 0) is 19.9 Å². The molecule has 0 amide bonds. The number of allylic oxidation sites excluding steroid dienone is 4. The summed E-state index contributed by atoms with van der Waals surface area (Å²) in [6.07, 6.45) is 6.83. The van der Waals surface area contributed by atoms with Crippen molar-refractivity contribution in [2.24, 2.45) is 0 Å². The minimum Gasteiger partial charge on any atom is -1.00 e. The van der Waals surface area contributed by atoms with Gasteiger partial charge in [0.25, 0.3) is 0 Å². The van der Waals surface area contributed by atoms with E-state index in [4.69, 9.17) is 0 Å². The van der Waals surface area contributed by atoms with Gasteiger partial charge in [-0.1, -0.05) is 0 Å². The van der Waals surface area contributed by atoms with Crippen LogP contribution in [0.1, 0.15) is 0 Å². The molecule has 6 heteroatoms. The molecule has 0 heterocycles. The maximum atomic E-state index is 11.6. The summed E-state index contributed by atoms with van der Waals surface area (Å²) in [6.45, 7) is 14.0. The van der Waals surface area contributed by atoms with Crippen molar-refractivity contribution in [1.82, 2.24) is 0 Å². The summed E-state index contributed by atoms with van der Waals surface area (Å²) in [7, 11) is -2.64. The molecule has 0 radical (unpaired) electrons. The molecule has 0 saturated carbocycles. The summed E-state index contributed by atoms with van der Waals surface area (Å²) in [4.78, 5) is 0. The minimum atomic E-state index is -1.41. The summed E-state index contributed by atoms with van der Waals surface area (Å²) in [6, 6.07) is 0. The van der Waals surface area contributed by atoms with Crippen molar-refractivity contribution < 1.29 is 44.7 Å². The second kappa shape index (κ2) is 6.35. The van der Waals surface area contributed by atoms with Crippen molar-refractivity contribution in [2.75, 3.05) is 0 Å². The van der Waals surface area contributed by atoms with E-state index in [1.54, 1.807) is 0 Å². The molecule has 0 bridgehead atoms. The largest absolute Gasteiger partial charge is 1.00 e. The van der Waals surface area contributed by atoms with E-state index in [1.165, 1.54) is 5.20 Å². The third-order valence-electron chi connectivity index (χ3n) is 3.11. The quantitative estimate of drug-likeness (QED) is 0.532. The van der Waals surface area contributed by atoms with Crippen molar-refractivity contribution in [3.63, 3.8) is 0 Å². The predicted octanol–water partition coefficient (Wildman–Crippen LogP) is -2.17. The number of rotatable bonds is 3. The van der Waals surface area contributed by atoms with E-state index in [-0.39, 0.29) is 28.6 Å². The molecule has 1 atom stereocenters. The first-order chi connectivity index (χ1) is 6.62. The Kier molecular flexibility index (Phi) is 7.55. The molecule has 0 aromatic rings. The summed E-state index contributed by atoms with van der Waals surface area (Å²) in [5.74, 6) is 0. The molecular formula is C11H21Cl2OSi2V. The molecule has 1 aliphatic carbocycles. The van der Waals surface area contributed by atoms with Crippen LogP contribution in [0.3, 0.4) is 0 Å². The van der Waals surface area contributed by atoms with Gasteiger partial charge in [0.05, 0.1) is 0 Å². The van der Waals surface area contributed by atoms with Crippen molar-refractivity contribution in [3.05, 3.63) is 23.4 Å². The zero-order chi connectivity index (χ0) is 11.9. The fraction of sp³-hybridized carbons (Fsp3) is 0.636. The van der Waals surface area contributed by atoms with E-state index in [9.17, 15) is 3.67 Å². The molecule has 0 aromatic heterocycles. The molecular weight excluding hydrogens is 326 g/mol. The smallest absolute Gasteiger partial charge is 1.00 e. The van der Waals surface area contributed by atoms with Crippen LogP contribution in [0.4, 0.5) is 0 Å². The van der Waals surface area contributed by atoms with Gasteiger partial charge in [-0.2, -0.15) is 0 Å². The molecule has 0 N–H and O–H groups in total. The minimum absolute atomic E-state index is 0. The van der Waals surface area contributed by atoms with Crippen LogP contribution >= 0.6 is 0 Å². The molecule has 0 saturated heterocycles. The Balaban J connectivity index is 0. The van der Waals surface area contributed by atoms with E-state index >= 15 is 0 Å². The molecule has 98 valence electrons. The standard InChI is InChI=1S/C11H21Si2.2ClH.O.V/c1-12(2,3)10-7-8-11(9-10)13(4,5)6;;;;/h7-9H,1-6H3;2*1H;;/q;;;;+2/p-2. The van der Waals surface area contributed by atoms with Crippen LogP contribution in [0.15, 0.2) is 23.4 Å². The fourth-order valence-corrected chi connectivity index (χ4v) is 6.50. The van der Waals surface area contributed by atoms with Gasteiger partial charge >= 0.3 is 103 Å². The summed E-state index contributed by atoms with van der Waals surface area (Å²) in [5.41, 5.74) is 0. The van der Waals surface area contributed by atoms with E-state index < -0.39 is 32.4 Å². The normalized spacial score (nSPS) is 23.3. The van der Waals surface area contributed by atoms with Crippen LogP contribution in [0.2, 0.25) is 43.0 Å². The Morgan fingerprint density at radius 3 is 1.71 bits per heavy atom. The van der Waals surface area contributed by atoms with Crippen LogP contribution < -0.4 is 24.8 Å². The molecule has 0 aromatic carbocycles. The van der Waals surface area contributed by atoms with Crippen molar-refractivity contribution in [2.45, 2.75) is 43.0 Å². The zero-order valence-electron chi connectivity index (χ0n) is 11.3. The van der Waals surface area contributed by atoms with Gasteiger partial charge in [0.2, 0.25) is 0 Å². The Morgan fingerprint density at radius 1 is 1.06 bits per heavy atom. The molecule has 0 spiro atoms. The first kappa shape index (κ1) is 20.2. The van der Waals surface area contributed by atoms with E-state index in [2.05, 4.69) is 57.5 Å². The summed E-state index contributed by atoms with van der Waals surface area (Å²) in [5, 5.41) is 1.48. The number of hydrogen-bond acceptors (Lipinski definition) is 1. The third kappa shape index (κ3) is 4.19. The van der Waals surface area contributed by atoms with Gasteiger partial charge in [-0.05, 0) is 0 Å². The average molecular weight is 347 g/mol. The maximum absolute atomic E-state index is 11.6. The zero-order valence-corrected chi connectivity index (χ0v) is 16.3. The van der Waals surface area contributed by atoms with Gasteiger partial charge in [0.15, 0.2) is 0 Å². The maximum Gasteiger partial charge on any atom is -1.00 e. The third-order valence-corrected chi connectivity index (χ3v) is 12.3. The van der Waals surface area contributed by atoms with E-state index in [0.29, 0.717) is 0 Å². The molecule has 0 fully saturated rings. The summed E-state index contributed by atoms with van der Waals surface area (Å²) < 4.78 is 11.6. The van der Waals surface area contributed by atoms with Gasteiger partial charge in [-0.15, -0.1) is 0 Å². The molecule has 1 aliphatic rings. The van der Waals surface area contributed by atoms with E-state index in [0.717, 1.165) is 0 Å². The Bertz CT molecular complexity index is 342. The van der Waals surface area contributed by atoms with Gasteiger partial charge in [-0.3, -0.25) is 0 Å². The Hall–Kier alpha value is 0.878. The van der Waals surface area contributed by atoms with Gasteiger partial charge in [0.1, 0.15) is 0 Å². The van der Waals surface area contributed by atoms with Crippen molar-refractivity contribution in [3.8, 4) is 0 Å². The molecule has 17 heavy (non-hydrogen) atoms. The first-order valence-corrected chi connectivity index (χ1v) is 13.7. The second-order valence-corrected chi connectivity index (χ2v) is 18.9. The summed E-state index contributed by atoms with van der Waals surface area (Å²) >= 11 is -0.830. The fourth-order valence-electron chi connectivity index (χ4n) is 1.68. The number of hydrogen-bond donors (Lipinski definition) is 0. The van der Waals surface area contributed by atoms with Crippen LogP contribution in [-0.4, -0.2) is 16.1 Å². The van der Waals surface area contributed by atoms with Crippen LogP contribution in [0, 0.1) is 0 Å².